The number of nitriles is 1. The molecule has 0 heterocycles. The first kappa shape index (κ1) is 10.5. The molecule has 0 aromatic rings. The fraction of sp³-hybridized carbons (Fsp3) is 0.500. The largest absolute Gasteiger partial charge is 0.466 e. The monoisotopic (exact) mass is 168 g/mol. The predicted molar refractivity (Wildman–Crippen MR) is 44.0 cm³/mol. The summed E-state index contributed by atoms with van der Waals surface area (Å²) in [6, 6.07) is 2.01. The molecule has 0 amide bonds. The van der Waals surface area contributed by atoms with E-state index in [1.165, 1.54) is 13.2 Å². The lowest BCUT2D eigenvalue weighted by atomic mass is 10.4. The van der Waals surface area contributed by atoms with Crippen LogP contribution in [0.4, 0.5) is 0 Å². The Bertz CT molecular complexity index is 206. The zero-order valence-corrected chi connectivity index (χ0v) is 7.28. The van der Waals surface area contributed by atoms with E-state index in [2.05, 4.69) is 4.74 Å². The van der Waals surface area contributed by atoms with E-state index in [4.69, 9.17) is 5.26 Å². The molecule has 0 fully saturated rings. The first-order valence-corrected chi connectivity index (χ1v) is 3.54. The molecule has 0 aliphatic carbocycles. The Balaban J connectivity index is 3.68. The lowest BCUT2D eigenvalue weighted by molar-refractivity contribution is -0.134. The number of methoxy groups -OCH3 is 1. The van der Waals surface area contributed by atoms with Gasteiger partial charge >= 0.3 is 5.97 Å². The summed E-state index contributed by atoms with van der Waals surface area (Å²) in [5.41, 5.74) is 0. The Morgan fingerprint density at radius 3 is 2.92 bits per heavy atom. The summed E-state index contributed by atoms with van der Waals surface area (Å²) >= 11 is 0. The van der Waals surface area contributed by atoms with Crippen LogP contribution >= 0.6 is 0 Å². The van der Waals surface area contributed by atoms with Crippen LogP contribution in [0, 0.1) is 11.3 Å². The Hall–Kier alpha value is -1.50. The van der Waals surface area contributed by atoms with Gasteiger partial charge in [-0.15, -0.1) is 0 Å². The third kappa shape index (κ3) is 5.30. The lowest BCUT2D eigenvalue weighted by Crippen LogP contribution is -2.12. The molecule has 0 saturated carbocycles. The average molecular weight is 168 g/mol. The molecule has 0 unspecified atom stereocenters. The van der Waals surface area contributed by atoms with Gasteiger partial charge in [-0.1, -0.05) is 0 Å². The summed E-state index contributed by atoms with van der Waals surface area (Å²) in [5, 5.41) is 8.25. The Morgan fingerprint density at radius 1 is 1.75 bits per heavy atom. The van der Waals surface area contributed by atoms with E-state index in [9.17, 15) is 4.79 Å². The summed E-state index contributed by atoms with van der Waals surface area (Å²) in [6.45, 7) is 0.615. The minimum atomic E-state index is -0.390. The molecule has 12 heavy (non-hydrogen) atoms. The van der Waals surface area contributed by atoms with Crippen molar-refractivity contribution in [2.24, 2.45) is 0 Å². The Labute approximate surface area is 72.0 Å². The van der Waals surface area contributed by atoms with Crippen LogP contribution in [-0.2, 0) is 9.53 Å². The zero-order chi connectivity index (χ0) is 9.40. The number of carbonyl (C=O) groups is 1. The van der Waals surface area contributed by atoms with Crippen molar-refractivity contribution in [1.82, 2.24) is 4.90 Å². The first-order valence-electron chi connectivity index (χ1n) is 3.54. The van der Waals surface area contributed by atoms with Gasteiger partial charge < -0.3 is 9.64 Å². The molecule has 0 atom stereocenters. The average Bonchev–Trinajstić information content (AvgIpc) is 2.10. The van der Waals surface area contributed by atoms with Crippen LogP contribution in [-0.4, -0.2) is 31.6 Å². The van der Waals surface area contributed by atoms with Crippen molar-refractivity contribution in [3.05, 3.63) is 12.3 Å². The highest BCUT2D eigenvalue weighted by Gasteiger charge is 1.93. The third-order valence-corrected chi connectivity index (χ3v) is 1.24. The molecule has 0 rings (SSSR count). The van der Waals surface area contributed by atoms with Crippen molar-refractivity contribution in [3.8, 4) is 6.07 Å². The summed E-state index contributed by atoms with van der Waals surface area (Å²) in [6.07, 6.45) is 3.35. The van der Waals surface area contributed by atoms with E-state index in [-0.39, 0.29) is 5.97 Å². The maximum Gasteiger partial charge on any atom is 0.331 e. The zero-order valence-electron chi connectivity index (χ0n) is 7.28. The minimum absolute atomic E-state index is 0.390. The van der Waals surface area contributed by atoms with Gasteiger partial charge in [0.15, 0.2) is 0 Å². The quantitative estimate of drug-likeness (QED) is 0.453. The Morgan fingerprint density at radius 2 is 2.42 bits per heavy atom. The second-order valence-corrected chi connectivity index (χ2v) is 2.23. The van der Waals surface area contributed by atoms with Crippen LogP contribution in [0.25, 0.3) is 0 Å². The fourth-order valence-electron chi connectivity index (χ4n) is 0.557. The predicted octanol–water partition coefficient (Wildman–Crippen LogP) is 0.519. The number of hydrogen-bond donors (Lipinski definition) is 0. The van der Waals surface area contributed by atoms with Gasteiger partial charge in [0.2, 0.25) is 0 Å². The highest BCUT2D eigenvalue weighted by atomic mass is 16.5. The number of hydrogen-bond acceptors (Lipinski definition) is 4. The van der Waals surface area contributed by atoms with Gasteiger partial charge in [0.25, 0.3) is 0 Å². The number of carbonyl (C=O) groups excluding carboxylic acids is 1. The van der Waals surface area contributed by atoms with Crippen molar-refractivity contribution in [3.63, 3.8) is 0 Å². The van der Waals surface area contributed by atoms with Crippen molar-refractivity contribution >= 4 is 5.97 Å². The maximum absolute atomic E-state index is 10.6. The first-order chi connectivity index (χ1) is 5.70. The molecule has 0 aliphatic heterocycles. The summed E-state index contributed by atoms with van der Waals surface area (Å²) in [7, 11) is 3.11. The van der Waals surface area contributed by atoms with Crippen molar-refractivity contribution in [2.45, 2.75) is 6.42 Å². The van der Waals surface area contributed by atoms with Crippen LogP contribution in [0.1, 0.15) is 6.42 Å². The lowest BCUT2D eigenvalue weighted by Gasteiger charge is -2.09. The van der Waals surface area contributed by atoms with Crippen molar-refractivity contribution in [2.75, 3.05) is 20.7 Å². The topological polar surface area (TPSA) is 53.3 Å². The molecule has 0 saturated heterocycles. The molecular weight excluding hydrogens is 156 g/mol. The van der Waals surface area contributed by atoms with E-state index in [1.54, 1.807) is 18.1 Å². The normalized spacial score (nSPS) is 9.42. The second kappa shape index (κ2) is 6.23. The van der Waals surface area contributed by atoms with Gasteiger partial charge in [0, 0.05) is 25.9 Å². The molecule has 66 valence electrons. The molecule has 0 aromatic heterocycles. The molecule has 4 heteroatoms. The van der Waals surface area contributed by atoms with Crippen LogP contribution in [0.5, 0.6) is 0 Å². The third-order valence-electron chi connectivity index (χ3n) is 1.24. The van der Waals surface area contributed by atoms with Crippen LogP contribution in [0.15, 0.2) is 12.3 Å². The summed E-state index contributed by atoms with van der Waals surface area (Å²) in [5.74, 6) is -0.390. The molecule has 0 bridgehead atoms. The Kier molecular flexibility index (Phi) is 5.45. The summed E-state index contributed by atoms with van der Waals surface area (Å²) in [4.78, 5) is 12.3. The number of rotatable bonds is 4. The van der Waals surface area contributed by atoms with Gasteiger partial charge in [-0.2, -0.15) is 5.26 Å². The van der Waals surface area contributed by atoms with E-state index in [0.29, 0.717) is 13.0 Å². The van der Waals surface area contributed by atoms with E-state index in [0.717, 1.165) is 0 Å². The smallest absolute Gasteiger partial charge is 0.331 e. The fourth-order valence-corrected chi connectivity index (χ4v) is 0.557. The highest BCUT2D eigenvalue weighted by Crippen LogP contribution is 1.88. The molecule has 0 spiro atoms. The molecular formula is C8H12N2O2. The second-order valence-electron chi connectivity index (χ2n) is 2.23. The van der Waals surface area contributed by atoms with Crippen LogP contribution in [0.3, 0.4) is 0 Å². The van der Waals surface area contributed by atoms with Gasteiger partial charge in [0.1, 0.15) is 0 Å². The standard InChI is InChI=1S/C8H12N2O2/c1-10(6-3-5-9)7-4-8(11)12-2/h4,7H,3,6H2,1-2H3. The highest BCUT2D eigenvalue weighted by molar-refractivity contribution is 5.81. The van der Waals surface area contributed by atoms with Crippen molar-refractivity contribution < 1.29 is 9.53 Å². The molecule has 0 aromatic carbocycles. The molecule has 0 radical (unpaired) electrons. The van der Waals surface area contributed by atoms with E-state index < -0.39 is 0 Å². The number of esters is 1. The maximum atomic E-state index is 10.6. The number of nitrogens with zero attached hydrogens (tertiary/aromatic N) is 2. The van der Waals surface area contributed by atoms with Gasteiger partial charge in [-0.25, -0.2) is 4.79 Å². The van der Waals surface area contributed by atoms with Gasteiger partial charge in [0.05, 0.1) is 19.6 Å². The molecule has 4 nitrogen and oxygen atoms in total. The van der Waals surface area contributed by atoms with Crippen LogP contribution < -0.4 is 0 Å². The molecule has 0 aliphatic rings. The van der Waals surface area contributed by atoms with E-state index in [1.807, 2.05) is 6.07 Å². The molecule has 0 N–H and O–H groups in total. The van der Waals surface area contributed by atoms with Gasteiger partial charge in [-0.05, 0) is 0 Å². The van der Waals surface area contributed by atoms with Crippen LogP contribution in [0.2, 0.25) is 0 Å². The summed E-state index contributed by atoms with van der Waals surface area (Å²) < 4.78 is 4.39. The number of ether oxygens (including phenoxy) is 1. The SMILES string of the molecule is COC(=O)C=CN(C)CCC#N. The minimum Gasteiger partial charge on any atom is -0.466 e. The van der Waals surface area contributed by atoms with Crippen molar-refractivity contribution in [1.29, 1.82) is 5.26 Å². The van der Waals surface area contributed by atoms with Gasteiger partial charge in [-0.3, -0.25) is 0 Å². The van der Waals surface area contributed by atoms with E-state index >= 15 is 0 Å².